The van der Waals surface area contributed by atoms with Crippen LogP contribution in [0.5, 0.6) is 0 Å². The molecule has 0 spiro atoms. The molecule has 1 heterocycles. The Morgan fingerprint density at radius 3 is 2.18 bits per heavy atom. The highest BCUT2D eigenvalue weighted by molar-refractivity contribution is 7.89. The number of ether oxygens (including phenoxy) is 1. The summed E-state index contributed by atoms with van der Waals surface area (Å²) in [5.74, 6) is -1.88. The van der Waals surface area contributed by atoms with Crippen LogP contribution >= 0.6 is 0 Å². The number of nitrogens with zero attached hydrogens (tertiary/aromatic N) is 1. The molecule has 0 saturated carbocycles. The Labute approximate surface area is 165 Å². The molecule has 8 nitrogen and oxygen atoms in total. The molecule has 1 N–H and O–H groups in total. The monoisotopic (exact) mass is 411 g/mol. The van der Waals surface area contributed by atoms with Crippen molar-refractivity contribution < 1.29 is 27.9 Å². The Hall–Kier alpha value is -1.97. The van der Waals surface area contributed by atoms with Crippen molar-refractivity contribution in [3.8, 4) is 0 Å². The molecular formula is C19H27N2O6S-. The van der Waals surface area contributed by atoms with Gasteiger partial charge in [-0.2, -0.15) is 4.31 Å². The predicted molar refractivity (Wildman–Crippen MR) is 101 cm³/mol. The Kier molecular flexibility index (Phi) is 7.19. The third kappa shape index (κ3) is 5.52. The molecule has 0 aromatic heterocycles. The van der Waals surface area contributed by atoms with Gasteiger partial charge in [-0.15, -0.1) is 0 Å². The summed E-state index contributed by atoms with van der Waals surface area (Å²) in [6, 6.07) is 4.35. The van der Waals surface area contributed by atoms with Crippen molar-refractivity contribution in [1.29, 1.82) is 0 Å². The lowest BCUT2D eigenvalue weighted by molar-refractivity contribution is -0.308. The van der Waals surface area contributed by atoms with Gasteiger partial charge in [0, 0.05) is 18.7 Å². The lowest BCUT2D eigenvalue weighted by atomic mass is 10.0. The fourth-order valence-corrected chi connectivity index (χ4v) is 4.77. The van der Waals surface area contributed by atoms with E-state index >= 15 is 0 Å². The van der Waals surface area contributed by atoms with Crippen molar-refractivity contribution in [2.45, 2.75) is 57.3 Å². The average Bonchev–Trinajstić information content (AvgIpc) is 2.60. The van der Waals surface area contributed by atoms with Gasteiger partial charge in [-0.25, -0.2) is 8.42 Å². The highest BCUT2D eigenvalue weighted by Crippen LogP contribution is 2.21. The van der Waals surface area contributed by atoms with E-state index in [0.29, 0.717) is 0 Å². The van der Waals surface area contributed by atoms with Crippen LogP contribution < -0.4 is 10.4 Å². The predicted octanol–water partition coefficient (Wildman–Crippen LogP) is 0.379. The van der Waals surface area contributed by atoms with E-state index in [2.05, 4.69) is 5.32 Å². The molecule has 0 unspecified atom stereocenters. The Morgan fingerprint density at radius 2 is 1.71 bits per heavy atom. The van der Waals surface area contributed by atoms with Crippen molar-refractivity contribution in [2.24, 2.45) is 5.92 Å². The number of hydrogen-bond donors (Lipinski definition) is 1. The number of carboxylic acid groups (broad SMARTS) is 1. The fraction of sp³-hybridized carbons (Fsp3) is 0.579. The summed E-state index contributed by atoms with van der Waals surface area (Å²) in [6.45, 7) is 7.84. The average molecular weight is 412 g/mol. The topological polar surface area (TPSA) is 116 Å². The van der Waals surface area contributed by atoms with Gasteiger partial charge >= 0.3 is 0 Å². The van der Waals surface area contributed by atoms with Crippen molar-refractivity contribution in [3.63, 3.8) is 0 Å². The normalized spacial score (nSPS) is 22.0. The van der Waals surface area contributed by atoms with Gasteiger partial charge in [0.1, 0.15) is 0 Å². The number of carbonyl (C=O) groups excluding carboxylic acids is 2. The zero-order valence-corrected chi connectivity index (χ0v) is 17.4. The van der Waals surface area contributed by atoms with Crippen LogP contribution in [0.1, 0.15) is 44.5 Å². The second kappa shape index (κ2) is 9.02. The minimum Gasteiger partial charge on any atom is -0.548 e. The standard InChI is InChI=1S/C19H28N2O6S/c1-12(2)9-17(19(23)24)20-18(22)15-5-7-16(8-6-15)28(25,26)21-10-13(3)27-14(4)11-21/h5-8,12-14,17H,9-11H2,1-4H3,(H,20,22)(H,23,24)/p-1/t13-,14-,17+/m1/s1. The maximum atomic E-state index is 12.8. The molecule has 2 rings (SSSR count). The molecule has 1 saturated heterocycles. The smallest absolute Gasteiger partial charge is 0.251 e. The molecular weight excluding hydrogens is 384 g/mol. The third-order valence-electron chi connectivity index (χ3n) is 4.44. The second-order valence-electron chi connectivity index (χ2n) is 7.58. The molecule has 1 aromatic carbocycles. The van der Waals surface area contributed by atoms with Crippen LogP contribution in [0.25, 0.3) is 0 Å². The van der Waals surface area contributed by atoms with Crippen LogP contribution in [0.4, 0.5) is 0 Å². The number of sulfonamides is 1. The molecule has 28 heavy (non-hydrogen) atoms. The van der Waals surface area contributed by atoms with Crippen LogP contribution in [0, 0.1) is 5.92 Å². The van der Waals surface area contributed by atoms with Gasteiger partial charge < -0.3 is 20.0 Å². The lowest BCUT2D eigenvalue weighted by Crippen LogP contribution is -2.48. The van der Waals surface area contributed by atoms with E-state index in [-0.39, 0.29) is 48.1 Å². The Morgan fingerprint density at radius 1 is 1.18 bits per heavy atom. The van der Waals surface area contributed by atoms with Crippen LogP contribution in [0.3, 0.4) is 0 Å². The van der Waals surface area contributed by atoms with E-state index in [4.69, 9.17) is 4.74 Å². The molecule has 1 aliphatic heterocycles. The maximum Gasteiger partial charge on any atom is 0.251 e. The molecule has 0 aliphatic carbocycles. The summed E-state index contributed by atoms with van der Waals surface area (Å²) in [5, 5.41) is 13.6. The minimum absolute atomic E-state index is 0.0639. The molecule has 0 bridgehead atoms. The Balaban J connectivity index is 2.13. The van der Waals surface area contributed by atoms with Gasteiger partial charge in [-0.1, -0.05) is 13.8 Å². The molecule has 1 amide bonds. The molecule has 3 atom stereocenters. The first-order chi connectivity index (χ1) is 13.0. The van der Waals surface area contributed by atoms with E-state index in [0.717, 1.165) is 0 Å². The van der Waals surface area contributed by atoms with Crippen molar-refractivity contribution in [2.75, 3.05) is 13.1 Å². The van der Waals surface area contributed by atoms with Gasteiger partial charge in [-0.05, 0) is 50.5 Å². The van der Waals surface area contributed by atoms with Crippen LogP contribution in [0.15, 0.2) is 29.2 Å². The first kappa shape index (κ1) is 22.3. The van der Waals surface area contributed by atoms with Crippen LogP contribution in [-0.2, 0) is 19.6 Å². The number of morpholine rings is 1. The van der Waals surface area contributed by atoms with Gasteiger partial charge in [0.05, 0.1) is 29.1 Å². The highest BCUT2D eigenvalue weighted by atomic mass is 32.2. The molecule has 1 fully saturated rings. The Bertz CT molecular complexity index is 796. The van der Waals surface area contributed by atoms with E-state index in [1.165, 1.54) is 28.6 Å². The maximum absolute atomic E-state index is 12.8. The molecule has 1 aromatic rings. The summed E-state index contributed by atoms with van der Waals surface area (Å²) in [6.07, 6.45) is -0.161. The van der Waals surface area contributed by atoms with Gasteiger partial charge in [0.2, 0.25) is 10.0 Å². The fourth-order valence-electron chi connectivity index (χ4n) is 3.18. The zero-order chi connectivity index (χ0) is 21.1. The third-order valence-corrected chi connectivity index (χ3v) is 6.28. The number of rotatable bonds is 7. The molecule has 0 radical (unpaired) electrons. The van der Waals surface area contributed by atoms with E-state index < -0.39 is 27.9 Å². The number of benzene rings is 1. The van der Waals surface area contributed by atoms with Gasteiger partial charge in [-0.3, -0.25) is 4.79 Å². The summed E-state index contributed by atoms with van der Waals surface area (Å²) >= 11 is 0. The molecule has 9 heteroatoms. The van der Waals surface area contributed by atoms with Crippen LogP contribution in [0.2, 0.25) is 0 Å². The number of carboxylic acids is 1. The van der Waals surface area contributed by atoms with E-state index in [1.807, 2.05) is 27.7 Å². The largest absolute Gasteiger partial charge is 0.548 e. The lowest BCUT2D eigenvalue weighted by Gasteiger charge is -2.34. The highest BCUT2D eigenvalue weighted by Gasteiger charge is 2.32. The van der Waals surface area contributed by atoms with Gasteiger partial charge in [0.15, 0.2) is 0 Å². The summed E-state index contributed by atoms with van der Waals surface area (Å²) < 4.78 is 32.6. The van der Waals surface area contributed by atoms with Gasteiger partial charge in [0.25, 0.3) is 5.91 Å². The first-order valence-electron chi connectivity index (χ1n) is 9.28. The number of aliphatic carboxylic acids is 1. The summed E-state index contributed by atoms with van der Waals surface area (Å²) in [4.78, 5) is 23.6. The van der Waals surface area contributed by atoms with Crippen molar-refractivity contribution in [3.05, 3.63) is 29.8 Å². The first-order valence-corrected chi connectivity index (χ1v) is 10.7. The minimum atomic E-state index is -3.71. The SMILES string of the molecule is CC(C)C[C@H](NC(=O)c1ccc(S(=O)(=O)N2C[C@@H](C)O[C@H](C)C2)cc1)C(=O)[O-]. The second-order valence-corrected chi connectivity index (χ2v) is 9.52. The van der Waals surface area contributed by atoms with E-state index in [1.54, 1.807) is 0 Å². The molecule has 1 aliphatic rings. The number of amides is 1. The van der Waals surface area contributed by atoms with Crippen molar-refractivity contribution >= 4 is 21.9 Å². The molecule has 156 valence electrons. The quantitative estimate of drug-likeness (QED) is 0.693. The number of hydrogen-bond acceptors (Lipinski definition) is 6. The summed E-state index contributed by atoms with van der Waals surface area (Å²) in [7, 11) is -3.71. The van der Waals surface area contributed by atoms with Crippen molar-refractivity contribution in [1.82, 2.24) is 9.62 Å². The van der Waals surface area contributed by atoms with E-state index in [9.17, 15) is 23.1 Å². The zero-order valence-electron chi connectivity index (χ0n) is 16.5. The number of carbonyl (C=O) groups is 2. The summed E-state index contributed by atoms with van der Waals surface area (Å²) in [5.41, 5.74) is 0.178. The number of nitrogens with one attached hydrogen (secondary N) is 1. The van der Waals surface area contributed by atoms with Crippen LogP contribution in [-0.4, -0.2) is 55.9 Å².